The molecule has 2 heterocycles. The standard InChI is InChI=1S/C14H10BrClN4/c15-10-3-6-14(18-8-10)20-13(17)7-12(19-20)9-1-4-11(16)5-2-9/h1-8H,17H2. The van der Waals surface area contributed by atoms with Crippen LogP contribution in [0, 0.1) is 0 Å². The highest BCUT2D eigenvalue weighted by Crippen LogP contribution is 2.24. The lowest BCUT2D eigenvalue weighted by Crippen LogP contribution is -2.03. The zero-order chi connectivity index (χ0) is 14.1. The number of pyridine rings is 1. The van der Waals surface area contributed by atoms with E-state index in [9.17, 15) is 0 Å². The number of aromatic nitrogens is 3. The Morgan fingerprint density at radius 3 is 2.50 bits per heavy atom. The maximum atomic E-state index is 6.00. The van der Waals surface area contributed by atoms with Crippen molar-refractivity contribution < 1.29 is 0 Å². The van der Waals surface area contributed by atoms with Crippen molar-refractivity contribution >= 4 is 33.3 Å². The van der Waals surface area contributed by atoms with Gasteiger partial charge in [0.05, 0.1) is 5.69 Å². The number of nitrogens with zero attached hydrogens (tertiary/aromatic N) is 3. The van der Waals surface area contributed by atoms with E-state index in [1.54, 1.807) is 10.9 Å². The van der Waals surface area contributed by atoms with Gasteiger partial charge >= 0.3 is 0 Å². The second-order valence-electron chi connectivity index (χ2n) is 4.21. The Morgan fingerprint density at radius 1 is 1.10 bits per heavy atom. The van der Waals surface area contributed by atoms with Gasteiger partial charge in [0.15, 0.2) is 5.82 Å². The van der Waals surface area contributed by atoms with Crippen LogP contribution in [0.2, 0.25) is 5.02 Å². The predicted octanol–water partition coefficient (Wildman–Crippen LogP) is 3.93. The molecule has 3 rings (SSSR count). The van der Waals surface area contributed by atoms with E-state index >= 15 is 0 Å². The van der Waals surface area contributed by atoms with Gasteiger partial charge in [-0.05, 0) is 40.2 Å². The van der Waals surface area contributed by atoms with Crippen LogP contribution in [0.15, 0.2) is 53.1 Å². The molecule has 6 heteroatoms. The summed E-state index contributed by atoms with van der Waals surface area (Å²) < 4.78 is 2.51. The van der Waals surface area contributed by atoms with Crippen LogP contribution in [0.25, 0.3) is 17.1 Å². The quantitative estimate of drug-likeness (QED) is 0.762. The first kappa shape index (κ1) is 13.1. The number of nitrogen functional groups attached to an aromatic ring is 1. The van der Waals surface area contributed by atoms with Crippen molar-refractivity contribution in [3.05, 3.63) is 58.2 Å². The van der Waals surface area contributed by atoms with Crippen LogP contribution < -0.4 is 5.73 Å². The van der Waals surface area contributed by atoms with Gasteiger partial charge in [-0.1, -0.05) is 23.7 Å². The molecule has 0 amide bonds. The minimum Gasteiger partial charge on any atom is -0.384 e. The first-order valence-electron chi connectivity index (χ1n) is 5.87. The number of benzene rings is 1. The van der Waals surface area contributed by atoms with Crippen LogP contribution in [0.5, 0.6) is 0 Å². The number of nitrogens with two attached hydrogens (primary N) is 1. The smallest absolute Gasteiger partial charge is 0.155 e. The maximum absolute atomic E-state index is 6.00. The number of hydrogen-bond donors (Lipinski definition) is 1. The molecule has 100 valence electrons. The molecular weight excluding hydrogens is 340 g/mol. The molecule has 0 aliphatic heterocycles. The van der Waals surface area contributed by atoms with E-state index in [0.29, 0.717) is 16.7 Å². The summed E-state index contributed by atoms with van der Waals surface area (Å²) in [6.45, 7) is 0. The highest BCUT2D eigenvalue weighted by Gasteiger charge is 2.09. The molecular formula is C14H10BrClN4. The Hall–Kier alpha value is -1.85. The second-order valence-corrected chi connectivity index (χ2v) is 5.56. The van der Waals surface area contributed by atoms with Crippen molar-refractivity contribution in [1.29, 1.82) is 0 Å². The van der Waals surface area contributed by atoms with E-state index in [0.717, 1.165) is 15.7 Å². The van der Waals surface area contributed by atoms with E-state index in [1.807, 2.05) is 42.5 Å². The van der Waals surface area contributed by atoms with Gasteiger partial charge in [-0.2, -0.15) is 9.78 Å². The third-order valence-corrected chi connectivity index (χ3v) is 3.53. The minimum absolute atomic E-state index is 0.532. The Kier molecular flexibility index (Phi) is 3.46. The van der Waals surface area contributed by atoms with Gasteiger partial charge in [-0.25, -0.2) is 4.98 Å². The van der Waals surface area contributed by atoms with Crippen molar-refractivity contribution in [2.24, 2.45) is 0 Å². The Balaban J connectivity index is 2.02. The molecule has 0 aliphatic carbocycles. The highest BCUT2D eigenvalue weighted by atomic mass is 79.9. The van der Waals surface area contributed by atoms with Crippen LogP contribution >= 0.6 is 27.5 Å². The summed E-state index contributed by atoms with van der Waals surface area (Å²) >= 11 is 9.23. The topological polar surface area (TPSA) is 56.7 Å². The molecule has 20 heavy (non-hydrogen) atoms. The first-order valence-corrected chi connectivity index (χ1v) is 7.04. The highest BCUT2D eigenvalue weighted by molar-refractivity contribution is 9.10. The van der Waals surface area contributed by atoms with Crippen LogP contribution in [0.4, 0.5) is 5.82 Å². The van der Waals surface area contributed by atoms with Crippen molar-refractivity contribution in [3.8, 4) is 17.1 Å². The maximum Gasteiger partial charge on any atom is 0.155 e. The molecule has 0 atom stereocenters. The van der Waals surface area contributed by atoms with Crippen LogP contribution in [-0.2, 0) is 0 Å². The summed E-state index contributed by atoms with van der Waals surface area (Å²) in [5.74, 6) is 1.20. The fourth-order valence-corrected chi connectivity index (χ4v) is 2.19. The number of halogens is 2. The molecule has 3 aromatic rings. The normalized spacial score (nSPS) is 10.7. The van der Waals surface area contributed by atoms with Gasteiger partial charge in [-0.15, -0.1) is 0 Å². The molecule has 2 N–H and O–H groups in total. The molecule has 0 aliphatic rings. The molecule has 1 aromatic carbocycles. The van der Waals surface area contributed by atoms with Crippen LogP contribution in [0.1, 0.15) is 0 Å². The zero-order valence-corrected chi connectivity index (χ0v) is 12.6. The Morgan fingerprint density at radius 2 is 1.85 bits per heavy atom. The van der Waals surface area contributed by atoms with Crippen LogP contribution in [0.3, 0.4) is 0 Å². The summed E-state index contributed by atoms with van der Waals surface area (Å²) in [6.07, 6.45) is 1.71. The van der Waals surface area contributed by atoms with Gasteiger partial charge in [0.2, 0.25) is 0 Å². The van der Waals surface area contributed by atoms with E-state index in [-0.39, 0.29) is 0 Å². The molecule has 0 saturated heterocycles. The minimum atomic E-state index is 0.532. The molecule has 4 nitrogen and oxygen atoms in total. The fraction of sp³-hybridized carbons (Fsp3) is 0. The average molecular weight is 350 g/mol. The fourth-order valence-electron chi connectivity index (χ4n) is 1.83. The van der Waals surface area contributed by atoms with E-state index < -0.39 is 0 Å². The van der Waals surface area contributed by atoms with Gasteiger partial charge < -0.3 is 5.73 Å². The zero-order valence-electron chi connectivity index (χ0n) is 10.3. The number of hydrogen-bond acceptors (Lipinski definition) is 3. The van der Waals surface area contributed by atoms with Crippen molar-refractivity contribution in [2.45, 2.75) is 0 Å². The van der Waals surface area contributed by atoms with E-state index in [1.165, 1.54) is 0 Å². The third kappa shape index (κ3) is 2.55. The molecule has 0 bridgehead atoms. The monoisotopic (exact) mass is 348 g/mol. The lowest BCUT2D eigenvalue weighted by Gasteiger charge is -2.02. The first-order chi connectivity index (χ1) is 9.63. The summed E-state index contributed by atoms with van der Waals surface area (Å²) in [5, 5.41) is 5.17. The van der Waals surface area contributed by atoms with Gasteiger partial charge in [0, 0.05) is 27.3 Å². The average Bonchev–Trinajstić information content (AvgIpc) is 2.82. The van der Waals surface area contributed by atoms with Crippen molar-refractivity contribution in [1.82, 2.24) is 14.8 Å². The largest absolute Gasteiger partial charge is 0.384 e. The molecule has 2 aromatic heterocycles. The summed E-state index contributed by atoms with van der Waals surface area (Å²) in [4.78, 5) is 4.28. The molecule has 0 radical (unpaired) electrons. The third-order valence-electron chi connectivity index (χ3n) is 2.81. The lowest BCUT2D eigenvalue weighted by molar-refractivity contribution is 0.859. The Labute approximate surface area is 129 Å². The summed E-state index contributed by atoms with van der Waals surface area (Å²) in [7, 11) is 0. The summed E-state index contributed by atoms with van der Waals surface area (Å²) in [6, 6.07) is 13.0. The van der Waals surface area contributed by atoms with Crippen LogP contribution in [-0.4, -0.2) is 14.8 Å². The lowest BCUT2D eigenvalue weighted by atomic mass is 10.1. The molecule has 0 unspecified atom stereocenters. The van der Waals surface area contributed by atoms with Gasteiger partial charge in [0.1, 0.15) is 5.82 Å². The SMILES string of the molecule is Nc1cc(-c2ccc(Cl)cc2)nn1-c1ccc(Br)cn1. The molecule has 0 saturated carbocycles. The number of rotatable bonds is 2. The van der Waals surface area contributed by atoms with Crippen molar-refractivity contribution in [2.75, 3.05) is 5.73 Å². The van der Waals surface area contributed by atoms with Crippen molar-refractivity contribution in [3.63, 3.8) is 0 Å². The Bertz CT molecular complexity index is 735. The summed E-state index contributed by atoms with van der Waals surface area (Å²) in [5.41, 5.74) is 7.74. The van der Waals surface area contributed by atoms with E-state index in [2.05, 4.69) is 26.0 Å². The molecule has 0 fully saturated rings. The molecule has 0 spiro atoms. The second kappa shape index (κ2) is 5.26. The van der Waals surface area contributed by atoms with E-state index in [4.69, 9.17) is 17.3 Å². The number of anilines is 1. The predicted molar refractivity (Wildman–Crippen MR) is 83.9 cm³/mol. The van der Waals surface area contributed by atoms with Gasteiger partial charge in [-0.3, -0.25) is 0 Å². The van der Waals surface area contributed by atoms with Gasteiger partial charge in [0.25, 0.3) is 0 Å².